The molecule has 0 aromatic carbocycles. The van der Waals surface area contributed by atoms with Crippen molar-refractivity contribution in [2.45, 2.75) is 6.92 Å². The maximum absolute atomic E-state index is 3.63. The van der Waals surface area contributed by atoms with E-state index < -0.39 is 0 Å². The highest BCUT2D eigenvalue weighted by atomic mass is 32.2. The lowest BCUT2D eigenvalue weighted by molar-refractivity contribution is 1.41. The molecule has 0 rings (SSSR count). The fourth-order valence-corrected chi connectivity index (χ4v) is 0.860. The maximum Gasteiger partial charge on any atom is 0.0137 e. The SMILES string of the molecule is [CH2]/C=C(\C)CSC. The van der Waals surface area contributed by atoms with Crippen molar-refractivity contribution < 1.29 is 0 Å². The Kier molecular flexibility index (Phi) is 4.31. The van der Waals surface area contributed by atoms with Crippen LogP contribution in [0.25, 0.3) is 0 Å². The lowest BCUT2D eigenvalue weighted by Gasteiger charge is -1.90. The van der Waals surface area contributed by atoms with E-state index in [1.54, 1.807) is 0 Å². The zero-order valence-corrected chi connectivity index (χ0v) is 5.72. The first kappa shape index (κ1) is 7.09. The Morgan fingerprint density at radius 1 is 1.86 bits per heavy atom. The summed E-state index contributed by atoms with van der Waals surface area (Å²) in [6, 6.07) is 0. The van der Waals surface area contributed by atoms with Crippen molar-refractivity contribution in [2.75, 3.05) is 12.0 Å². The Balaban J connectivity index is 3.17. The number of allylic oxidation sites excluding steroid dienone is 1. The van der Waals surface area contributed by atoms with E-state index in [0.717, 1.165) is 5.75 Å². The summed E-state index contributed by atoms with van der Waals surface area (Å²) < 4.78 is 0. The molecule has 0 atom stereocenters. The maximum atomic E-state index is 3.63. The van der Waals surface area contributed by atoms with Gasteiger partial charge in [0.2, 0.25) is 0 Å². The molecular formula is C6H11S. The van der Waals surface area contributed by atoms with Gasteiger partial charge >= 0.3 is 0 Å². The molecular weight excluding hydrogens is 104 g/mol. The molecule has 0 aliphatic carbocycles. The average molecular weight is 115 g/mol. The third kappa shape index (κ3) is 3.93. The van der Waals surface area contributed by atoms with Crippen LogP contribution in [-0.2, 0) is 0 Å². The van der Waals surface area contributed by atoms with Crippen LogP contribution in [-0.4, -0.2) is 12.0 Å². The molecule has 0 heterocycles. The Morgan fingerprint density at radius 3 is 2.57 bits per heavy atom. The van der Waals surface area contributed by atoms with Crippen LogP contribution in [0, 0.1) is 6.92 Å². The first-order chi connectivity index (χ1) is 3.31. The molecule has 0 aromatic heterocycles. The summed E-state index contributed by atoms with van der Waals surface area (Å²) in [5, 5.41) is 0. The van der Waals surface area contributed by atoms with Crippen LogP contribution in [0.2, 0.25) is 0 Å². The van der Waals surface area contributed by atoms with Crippen LogP contribution >= 0.6 is 11.8 Å². The quantitative estimate of drug-likeness (QED) is 0.531. The average Bonchev–Trinajstić information content (AvgIpc) is 1.68. The molecule has 0 aliphatic heterocycles. The predicted molar refractivity (Wildman–Crippen MR) is 37.5 cm³/mol. The molecule has 0 saturated carbocycles. The van der Waals surface area contributed by atoms with Crippen LogP contribution in [0.15, 0.2) is 11.6 Å². The standard InChI is InChI=1S/C6H11S/c1-4-6(2)5-7-3/h4H,1,5H2,2-3H3/b6-4+. The second kappa shape index (κ2) is 4.25. The van der Waals surface area contributed by atoms with Crippen molar-refractivity contribution in [3.05, 3.63) is 18.6 Å². The molecule has 1 radical (unpaired) electrons. The second-order valence-corrected chi connectivity index (χ2v) is 2.35. The van der Waals surface area contributed by atoms with Crippen molar-refractivity contribution in [2.24, 2.45) is 0 Å². The first-order valence-electron chi connectivity index (χ1n) is 2.25. The molecule has 0 saturated heterocycles. The van der Waals surface area contributed by atoms with Gasteiger partial charge in [-0.2, -0.15) is 11.8 Å². The van der Waals surface area contributed by atoms with Gasteiger partial charge in [0, 0.05) is 5.75 Å². The minimum absolute atomic E-state index is 1.11. The van der Waals surface area contributed by atoms with E-state index in [2.05, 4.69) is 20.1 Å². The van der Waals surface area contributed by atoms with E-state index in [9.17, 15) is 0 Å². The van der Waals surface area contributed by atoms with Crippen molar-refractivity contribution >= 4 is 11.8 Å². The highest BCUT2D eigenvalue weighted by molar-refractivity contribution is 7.98. The highest BCUT2D eigenvalue weighted by Crippen LogP contribution is 2.00. The topological polar surface area (TPSA) is 0 Å². The molecule has 0 nitrogen and oxygen atoms in total. The predicted octanol–water partition coefficient (Wildman–Crippen LogP) is 2.13. The second-order valence-electron chi connectivity index (χ2n) is 1.48. The summed E-state index contributed by atoms with van der Waals surface area (Å²) in [4.78, 5) is 0. The smallest absolute Gasteiger partial charge is 0.0137 e. The lowest BCUT2D eigenvalue weighted by Crippen LogP contribution is -1.75. The molecule has 0 aromatic rings. The van der Waals surface area contributed by atoms with Crippen molar-refractivity contribution in [1.82, 2.24) is 0 Å². The van der Waals surface area contributed by atoms with Crippen LogP contribution < -0.4 is 0 Å². The largest absolute Gasteiger partial charge is 0.161 e. The molecule has 0 amide bonds. The number of thioether (sulfide) groups is 1. The monoisotopic (exact) mass is 115 g/mol. The number of hydrogen-bond donors (Lipinski definition) is 0. The zero-order chi connectivity index (χ0) is 5.70. The minimum atomic E-state index is 1.11. The molecule has 0 fully saturated rings. The molecule has 0 N–H and O–H groups in total. The van der Waals surface area contributed by atoms with Crippen molar-refractivity contribution in [1.29, 1.82) is 0 Å². The van der Waals surface area contributed by atoms with Gasteiger partial charge in [0.1, 0.15) is 0 Å². The normalized spacial score (nSPS) is 12.1. The van der Waals surface area contributed by atoms with E-state index in [1.807, 2.05) is 17.8 Å². The van der Waals surface area contributed by atoms with E-state index in [-0.39, 0.29) is 0 Å². The fraction of sp³-hybridized carbons (Fsp3) is 0.500. The van der Waals surface area contributed by atoms with Gasteiger partial charge in [0.25, 0.3) is 0 Å². The van der Waals surface area contributed by atoms with Gasteiger partial charge in [0.05, 0.1) is 0 Å². The summed E-state index contributed by atoms with van der Waals surface area (Å²) in [6.07, 6.45) is 3.99. The molecule has 0 bridgehead atoms. The summed E-state index contributed by atoms with van der Waals surface area (Å²) in [7, 11) is 0. The van der Waals surface area contributed by atoms with Gasteiger partial charge in [-0.15, -0.1) is 0 Å². The summed E-state index contributed by atoms with van der Waals surface area (Å²) in [5.74, 6) is 1.11. The Morgan fingerprint density at radius 2 is 2.43 bits per heavy atom. The first-order valence-corrected chi connectivity index (χ1v) is 3.64. The Hall–Kier alpha value is 0.0900. The Labute approximate surface area is 50.0 Å². The molecule has 0 spiro atoms. The van der Waals surface area contributed by atoms with Crippen LogP contribution in [0.1, 0.15) is 6.92 Å². The van der Waals surface area contributed by atoms with Gasteiger partial charge in [0.15, 0.2) is 0 Å². The van der Waals surface area contributed by atoms with Crippen molar-refractivity contribution in [3.63, 3.8) is 0 Å². The minimum Gasteiger partial charge on any atom is -0.161 e. The zero-order valence-electron chi connectivity index (χ0n) is 4.90. The molecule has 1 heteroatoms. The van der Waals surface area contributed by atoms with Gasteiger partial charge in [-0.1, -0.05) is 11.6 Å². The highest BCUT2D eigenvalue weighted by Gasteiger charge is 1.80. The van der Waals surface area contributed by atoms with E-state index in [0.29, 0.717) is 0 Å². The summed E-state index contributed by atoms with van der Waals surface area (Å²) in [6.45, 7) is 5.72. The summed E-state index contributed by atoms with van der Waals surface area (Å²) in [5.41, 5.74) is 1.35. The molecule has 41 valence electrons. The molecule has 7 heavy (non-hydrogen) atoms. The van der Waals surface area contributed by atoms with Crippen LogP contribution in [0.4, 0.5) is 0 Å². The Bertz CT molecular complexity index is 64.6. The number of hydrogen-bond acceptors (Lipinski definition) is 1. The van der Waals surface area contributed by atoms with Crippen molar-refractivity contribution in [3.8, 4) is 0 Å². The van der Waals surface area contributed by atoms with E-state index in [4.69, 9.17) is 0 Å². The number of rotatable bonds is 2. The fourth-order valence-electron chi connectivity index (χ4n) is 0.287. The lowest BCUT2D eigenvalue weighted by atomic mass is 10.3. The van der Waals surface area contributed by atoms with Gasteiger partial charge in [-0.05, 0) is 20.1 Å². The van der Waals surface area contributed by atoms with E-state index in [1.165, 1.54) is 5.57 Å². The molecule has 0 unspecified atom stereocenters. The van der Waals surface area contributed by atoms with E-state index >= 15 is 0 Å². The molecule has 0 aliphatic rings. The van der Waals surface area contributed by atoms with Gasteiger partial charge < -0.3 is 0 Å². The van der Waals surface area contributed by atoms with Gasteiger partial charge in [-0.25, -0.2) is 0 Å². The third-order valence-corrected chi connectivity index (χ3v) is 1.46. The van der Waals surface area contributed by atoms with Gasteiger partial charge in [-0.3, -0.25) is 0 Å². The van der Waals surface area contributed by atoms with Crippen LogP contribution in [0.5, 0.6) is 0 Å². The van der Waals surface area contributed by atoms with Crippen LogP contribution in [0.3, 0.4) is 0 Å². The summed E-state index contributed by atoms with van der Waals surface area (Å²) >= 11 is 1.83. The third-order valence-electron chi connectivity index (χ3n) is 0.720.